The first-order valence-electron chi connectivity index (χ1n) is 8.92. The van der Waals surface area contributed by atoms with Gasteiger partial charge in [0.05, 0.1) is 16.6 Å². The zero-order valence-corrected chi connectivity index (χ0v) is 15.1. The SMILES string of the molecule is Cc1cc(C(=O)N2CCC(c3ccc(F)c(F)c3)CC2)c2c(C)noc2n1. The number of carbonyl (C=O) groups is 1. The molecule has 1 aliphatic rings. The third-order valence-corrected chi connectivity index (χ3v) is 5.17. The summed E-state index contributed by atoms with van der Waals surface area (Å²) in [7, 11) is 0. The number of piperidine rings is 1. The maximum atomic E-state index is 13.5. The zero-order chi connectivity index (χ0) is 19.1. The number of pyridine rings is 1. The summed E-state index contributed by atoms with van der Waals surface area (Å²) in [6, 6.07) is 5.80. The van der Waals surface area contributed by atoms with Crippen molar-refractivity contribution in [3.05, 3.63) is 58.4 Å². The first kappa shape index (κ1) is 17.6. The molecule has 1 aliphatic heterocycles. The minimum Gasteiger partial charge on any atom is -0.339 e. The molecule has 27 heavy (non-hydrogen) atoms. The fourth-order valence-electron chi connectivity index (χ4n) is 3.74. The summed E-state index contributed by atoms with van der Waals surface area (Å²) in [5.41, 5.74) is 3.02. The predicted octanol–water partition coefficient (Wildman–Crippen LogP) is 4.14. The van der Waals surface area contributed by atoms with Gasteiger partial charge in [0.25, 0.3) is 11.6 Å². The molecule has 1 saturated heterocycles. The largest absolute Gasteiger partial charge is 0.339 e. The van der Waals surface area contributed by atoms with Crippen molar-refractivity contribution in [2.45, 2.75) is 32.6 Å². The monoisotopic (exact) mass is 371 g/mol. The summed E-state index contributed by atoms with van der Waals surface area (Å²) >= 11 is 0. The van der Waals surface area contributed by atoms with Crippen LogP contribution in [0.3, 0.4) is 0 Å². The Morgan fingerprint density at radius 3 is 2.59 bits per heavy atom. The highest BCUT2D eigenvalue weighted by molar-refractivity contribution is 6.06. The van der Waals surface area contributed by atoms with E-state index < -0.39 is 11.6 Å². The lowest BCUT2D eigenvalue weighted by Crippen LogP contribution is -2.38. The number of hydrogen-bond donors (Lipinski definition) is 0. The Balaban J connectivity index is 1.54. The van der Waals surface area contributed by atoms with Crippen LogP contribution in [0.15, 0.2) is 28.8 Å². The molecule has 140 valence electrons. The molecule has 1 fully saturated rings. The summed E-state index contributed by atoms with van der Waals surface area (Å²) < 4.78 is 31.8. The topological polar surface area (TPSA) is 59.2 Å². The minimum atomic E-state index is -0.840. The van der Waals surface area contributed by atoms with Crippen LogP contribution >= 0.6 is 0 Å². The molecule has 3 heterocycles. The van der Waals surface area contributed by atoms with E-state index in [2.05, 4.69) is 10.1 Å². The molecular weight excluding hydrogens is 352 g/mol. The molecular formula is C20H19F2N3O2. The van der Waals surface area contributed by atoms with Crippen molar-refractivity contribution in [1.29, 1.82) is 0 Å². The van der Waals surface area contributed by atoms with E-state index in [-0.39, 0.29) is 11.8 Å². The van der Waals surface area contributed by atoms with Crippen LogP contribution in [0.25, 0.3) is 11.1 Å². The van der Waals surface area contributed by atoms with Crippen LogP contribution in [0.5, 0.6) is 0 Å². The first-order valence-corrected chi connectivity index (χ1v) is 8.92. The molecule has 5 nitrogen and oxygen atoms in total. The van der Waals surface area contributed by atoms with Gasteiger partial charge in [-0.3, -0.25) is 4.79 Å². The standard InChI is InChI=1S/C20H19F2N3O2/c1-11-9-15(18-12(2)24-27-19(18)23-11)20(26)25-7-5-13(6-8-25)14-3-4-16(21)17(22)10-14/h3-4,9-10,13H,5-8H2,1-2H3. The van der Waals surface area contributed by atoms with Crippen LogP contribution in [0, 0.1) is 25.5 Å². The quantitative estimate of drug-likeness (QED) is 0.679. The van der Waals surface area contributed by atoms with Gasteiger partial charge in [0, 0.05) is 18.8 Å². The van der Waals surface area contributed by atoms with Crippen molar-refractivity contribution in [2.75, 3.05) is 13.1 Å². The summed E-state index contributed by atoms with van der Waals surface area (Å²) in [5.74, 6) is -1.64. The fourth-order valence-corrected chi connectivity index (χ4v) is 3.74. The average molecular weight is 371 g/mol. The van der Waals surface area contributed by atoms with E-state index >= 15 is 0 Å². The molecule has 0 aliphatic carbocycles. The molecule has 0 spiro atoms. The van der Waals surface area contributed by atoms with Crippen molar-refractivity contribution in [3.8, 4) is 0 Å². The van der Waals surface area contributed by atoms with Crippen LogP contribution in [0.2, 0.25) is 0 Å². The van der Waals surface area contributed by atoms with Gasteiger partial charge >= 0.3 is 0 Å². The van der Waals surface area contributed by atoms with Crippen LogP contribution < -0.4 is 0 Å². The number of benzene rings is 1. The highest BCUT2D eigenvalue weighted by Crippen LogP contribution is 2.31. The average Bonchev–Trinajstić information content (AvgIpc) is 3.03. The maximum absolute atomic E-state index is 13.5. The van der Waals surface area contributed by atoms with E-state index in [0.29, 0.717) is 54.0 Å². The summed E-state index contributed by atoms with van der Waals surface area (Å²) in [4.78, 5) is 19.2. The van der Waals surface area contributed by atoms with Crippen molar-refractivity contribution in [3.63, 3.8) is 0 Å². The number of nitrogens with zero attached hydrogens (tertiary/aromatic N) is 3. The van der Waals surface area contributed by atoms with Gasteiger partial charge in [0.15, 0.2) is 11.6 Å². The van der Waals surface area contributed by atoms with Crippen molar-refractivity contribution >= 4 is 17.0 Å². The number of halogens is 2. The van der Waals surface area contributed by atoms with Crippen LogP contribution in [-0.4, -0.2) is 34.0 Å². The van der Waals surface area contributed by atoms with Crippen LogP contribution in [-0.2, 0) is 0 Å². The van der Waals surface area contributed by atoms with E-state index in [1.807, 2.05) is 6.92 Å². The normalized spacial score (nSPS) is 15.5. The second-order valence-corrected chi connectivity index (χ2v) is 7.00. The second-order valence-electron chi connectivity index (χ2n) is 7.00. The molecule has 0 N–H and O–H groups in total. The molecule has 7 heteroatoms. The second kappa shape index (κ2) is 6.72. The number of fused-ring (bicyclic) bond motifs is 1. The van der Waals surface area contributed by atoms with Gasteiger partial charge in [0.1, 0.15) is 0 Å². The van der Waals surface area contributed by atoms with Gasteiger partial charge in [-0.1, -0.05) is 11.2 Å². The van der Waals surface area contributed by atoms with Crippen LogP contribution in [0.4, 0.5) is 8.78 Å². The van der Waals surface area contributed by atoms with Gasteiger partial charge < -0.3 is 9.42 Å². The number of carbonyl (C=O) groups excluding carboxylic acids is 1. The lowest BCUT2D eigenvalue weighted by atomic mass is 9.89. The van der Waals surface area contributed by atoms with Gasteiger partial charge in [-0.15, -0.1) is 0 Å². The van der Waals surface area contributed by atoms with Crippen molar-refractivity contribution in [2.24, 2.45) is 0 Å². The number of amides is 1. The summed E-state index contributed by atoms with van der Waals surface area (Å²) in [6.07, 6.45) is 1.40. The molecule has 0 saturated carbocycles. The fraction of sp³-hybridized carbons (Fsp3) is 0.350. The highest BCUT2D eigenvalue weighted by Gasteiger charge is 2.27. The van der Waals surface area contributed by atoms with Gasteiger partial charge in [-0.05, 0) is 56.4 Å². The smallest absolute Gasteiger partial charge is 0.258 e. The van der Waals surface area contributed by atoms with Gasteiger partial charge in [-0.25, -0.2) is 13.8 Å². The molecule has 4 rings (SSSR count). The molecule has 2 aromatic heterocycles. The number of hydrogen-bond acceptors (Lipinski definition) is 4. The Labute approximate surface area is 155 Å². The predicted molar refractivity (Wildman–Crippen MR) is 95.5 cm³/mol. The lowest BCUT2D eigenvalue weighted by molar-refractivity contribution is 0.0714. The Morgan fingerprint density at radius 2 is 1.89 bits per heavy atom. The molecule has 0 radical (unpaired) electrons. The van der Waals surface area contributed by atoms with E-state index in [4.69, 9.17) is 4.52 Å². The van der Waals surface area contributed by atoms with Crippen molar-refractivity contribution in [1.82, 2.24) is 15.0 Å². The van der Waals surface area contributed by atoms with Crippen LogP contribution in [0.1, 0.15) is 46.1 Å². The number of rotatable bonds is 2. The van der Waals surface area contributed by atoms with E-state index in [1.165, 1.54) is 6.07 Å². The van der Waals surface area contributed by atoms with Gasteiger partial charge in [-0.2, -0.15) is 0 Å². The molecule has 0 atom stereocenters. The Morgan fingerprint density at radius 1 is 1.15 bits per heavy atom. The van der Waals surface area contributed by atoms with Gasteiger partial charge in [0.2, 0.25) is 0 Å². The Kier molecular flexibility index (Phi) is 4.37. The number of likely N-dealkylation sites (tertiary alicyclic amines) is 1. The lowest BCUT2D eigenvalue weighted by Gasteiger charge is -2.32. The maximum Gasteiger partial charge on any atom is 0.258 e. The molecule has 0 bridgehead atoms. The minimum absolute atomic E-state index is 0.0828. The third kappa shape index (κ3) is 3.18. The van der Waals surface area contributed by atoms with E-state index in [9.17, 15) is 13.6 Å². The number of aromatic nitrogens is 2. The molecule has 0 unspecified atom stereocenters. The zero-order valence-electron chi connectivity index (χ0n) is 15.1. The summed E-state index contributed by atoms with van der Waals surface area (Å²) in [6.45, 7) is 4.70. The first-order chi connectivity index (χ1) is 12.9. The summed E-state index contributed by atoms with van der Waals surface area (Å²) in [5, 5.41) is 4.56. The van der Waals surface area contributed by atoms with E-state index in [1.54, 1.807) is 24.0 Å². The van der Waals surface area contributed by atoms with Crippen molar-refractivity contribution < 1.29 is 18.1 Å². The molecule has 1 amide bonds. The molecule has 1 aromatic carbocycles. The highest BCUT2D eigenvalue weighted by atomic mass is 19.2. The number of aryl methyl sites for hydroxylation is 2. The Bertz CT molecular complexity index is 1020. The Hall–Kier alpha value is -2.83. The molecule has 3 aromatic rings. The van der Waals surface area contributed by atoms with E-state index in [0.717, 1.165) is 11.6 Å². The third-order valence-electron chi connectivity index (χ3n) is 5.17.